The van der Waals surface area contributed by atoms with E-state index in [1.54, 1.807) is 30.3 Å². The molecule has 0 bridgehead atoms. The van der Waals surface area contributed by atoms with Gasteiger partial charge < -0.3 is 19.5 Å². The predicted octanol–water partition coefficient (Wildman–Crippen LogP) is 3.60. The number of nitrogens with one attached hydrogen (secondary N) is 2. The van der Waals surface area contributed by atoms with Crippen LogP contribution in [-0.2, 0) is 16.1 Å². The number of aryl methyl sites for hydroxylation is 1. The third-order valence-corrected chi connectivity index (χ3v) is 4.42. The Labute approximate surface area is 166 Å². The van der Waals surface area contributed by atoms with Crippen LogP contribution in [0.1, 0.15) is 21.7 Å². The number of ether oxygens (including phenoxy) is 1. The molecule has 0 aliphatic carbocycles. The first-order chi connectivity index (χ1) is 14.1. The molecule has 0 unspecified atom stereocenters. The van der Waals surface area contributed by atoms with Crippen LogP contribution in [-0.4, -0.2) is 28.5 Å². The van der Waals surface area contributed by atoms with E-state index in [1.165, 1.54) is 11.8 Å². The smallest absolute Gasteiger partial charge is 0.338 e. The summed E-state index contributed by atoms with van der Waals surface area (Å²) in [6.45, 7) is 1.90. The van der Waals surface area contributed by atoms with E-state index in [0.717, 1.165) is 22.4 Å². The Morgan fingerprint density at radius 2 is 1.97 bits per heavy atom. The van der Waals surface area contributed by atoms with E-state index in [-0.39, 0.29) is 13.2 Å². The molecule has 0 saturated heterocycles. The number of carbonyl (C=O) groups is 2. The maximum atomic E-state index is 12.3. The van der Waals surface area contributed by atoms with Gasteiger partial charge in [-0.1, -0.05) is 29.8 Å². The monoisotopic (exact) mass is 389 g/mol. The lowest BCUT2D eigenvalue weighted by atomic mass is 10.1. The molecule has 0 atom stereocenters. The van der Waals surface area contributed by atoms with Crippen molar-refractivity contribution in [1.82, 2.24) is 15.3 Å². The summed E-state index contributed by atoms with van der Waals surface area (Å²) in [5, 5.41) is 2.62. The fourth-order valence-electron chi connectivity index (χ4n) is 2.85. The van der Waals surface area contributed by atoms with Gasteiger partial charge in [-0.3, -0.25) is 4.79 Å². The summed E-state index contributed by atoms with van der Waals surface area (Å²) in [7, 11) is 0. The zero-order valence-corrected chi connectivity index (χ0v) is 15.8. The number of imidazole rings is 1. The van der Waals surface area contributed by atoms with Crippen LogP contribution >= 0.6 is 0 Å². The van der Waals surface area contributed by atoms with Crippen molar-refractivity contribution in [2.45, 2.75) is 13.5 Å². The van der Waals surface area contributed by atoms with Gasteiger partial charge in [-0.05, 0) is 37.3 Å². The number of rotatable bonds is 6. The molecular formula is C22H19N3O4. The van der Waals surface area contributed by atoms with Gasteiger partial charge in [0, 0.05) is 5.56 Å². The molecule has 0 spiro atoms. The van der Waals surface area contributed by atoms with E-state index in [9.17, 15) is 9.59 Å². The van der Waals surface area contributed by atoms with E-state index in [4.69, 9.17) is 9.15 Å². The summed E-state index contributed by atoms with van der Waals surface area (Å²) >= 11 is 0. The van der Waals surface area contributed by atoms with E-state index >= 15 is 0 Å². The molecule has 4 aromatic rings. The number of benzene rings is 2. The van der Waals surface area contributed by atoms with Gasteiger partial charge >= 0.3 is 5.97 Å². The predicted molar refractivity (Wildman–Crippen MR) is 107 cm³/mol. The number of H-pyrrole nitrogens is 1. The van der Waals surface area contributed by atoms with Crippen LogP contribution in [0, 0.1) is 6.92 Å². The summed E-state index contributed by atoms with van der Waals surface area (Å²) in [6, 6.07) is 16.5. The number of fused-ring (bicyclic) bond motifs is 1. The lowest BCUT2D eigenvalue weighted by Gasteiger charge is -2.05. The molecular weight excluding hydrogens is 370 g/mol. The van der Waals surface area contributed by atoms with E-state index in [1.807, 2.05) is 31.2 Å². The first kappa shape index (κ1) is 18.5. The van der Waals surface area contributed by atoms with Crippen molar-refractivity contribution in [2.75, 3.05) is 6.61 Å². The highest BCUT2D eigenvalue weighted by Crippen LogP contribution is 2.22. The van der Waals surface area contributed by atoms with Gasteiger partial charge in [0.05, 0.1) is 29.4 Å². The quantitative estimate of drug-likeness (QED) is 0.491. The number of aromatic amines is 1. The van der Waals surface area contributed by atoms with Crippen LogP contribution < -0.4 is 5.32 Å². The molecule has 0 aliphatic rings. The van der Waals surface area contributed by atoms with Crippen LogP contribution in [0.25, 0.3) is 22.4 Å². The summed E-state index contributed by atoms with van der Waals surface area (Å²) in [5.74, 6) is 0.368. The number of aromatic nitrogens is 2. The van der Waals surface area contributed by atoms with Crippen molar-refractivity contribution in [2.24, 2.45) is 0 Å². The topological polar surface area (TPSA) is 97.2 Å². The second-order valence-electron chi connectivity index (χ2n) is 6.62. The fourth-order valence-corrected chi connectivity index (χ4v) is 2.85. The minimum atomic E-state index is -0.577. The van der Waals surface area contributed by atoms with Crippen LogP contribution in [0.5, 0.6) is 0 Å². The Morgan fingerprint density at radius 3 is 2.72 bits per heavy atom. The van der Waals surface area contributed by atoms with Crippen molar-refractivity contribution in [3.05, 3.63) is 77.7 Å². The lowest BCUT2D eigenvalue weighted by Crippen LogP contribution is -2.28. The summed E-state index contributed by atoms with van der Waals surface area (Å²) in [6.07, 6.45) is 1.53. The highest BCUT2D eigenvalue weighted by molar-refractivity contribution is 5.95. The van der Waals surface area contributed by atoms with E-state index in [2.05, 4.69) is 15.3 Å². The van der Waals surface area contributed by atoms with Gasteiger partial charge in [-0.25, -0.2) is 9.78 Å². The van der Waals surface area contributed by atoms with Crippen LogP contribution in [0.3, 0.4) is 0 Å². The number of esters is 1. The number of furan rings is 1. The first-order valence-corrected chi connectivity index (χ1v) is 9.11. The molecule has 0 aliphatic heterocycles. The average molecular weight is 389 g/mol. The molecule has 7 heteroatoms. The SMILES string of the molecule is Cc1ccc(-c2nc3ccc(C(=O)OCC(=O)NCc4ccco4)cc3[nH]2)cc1. The second-order valence-corrected chi connectivity index (χ2v) is 6.62. The molecule has 2 N–H and O–H groups in total. The summed E-state index contributed by atoms with van der Waals surface area (Å²) < 4.78 is 10.2. The molecule has 29 heavy (non-hydrogen) atoms. The van der Waals surface area contributed by atoms with Gasteiger partial charge in [0.25, 0.3) is 5.91 Å². The molecule has 2 aromatic heterocycles. The van der Waals surface area contributed by atoms with Crippen molar-refractivity contribution < 1.29 is 18.7 Å². The van der Waals surface area contributed by atoms with Crippen LogP contribution in [0.2, 0.25) is 0 Å². The molecule has 1 amide bonds. The third-order valence-electron chi connectivity index (χ3n) is 4.42. The maximum absolute atomic E-state index is 12.3. The maximum Gasteiger partial charge on any atom is 0.338 e. The highest BCUT2D eigenvalue weighted by atomic mass is 16.5. The fraction of sp³-hybridized carbons (Fsp3) is 0.136. The van der Waals surface area contributed by atoms with Gasteiger partial charge in [0.1, 0.15) is 11.6 Å². The zero-order chi connectivity index (χ0) is 20.2. The Kier molecular flexibility index (Phi) is 5.11. The van der Waals surface area contributed by atoms with Crippen molar-refractivity contribution in [3.8, 4) is 11.4 Å². The van der Waals surface area contributed by atoms with Crippen LogP contribution in [0.4, 0.5) is 0 Å². The van der Waals surface area contributed by atoms with Gasteiger partial charge in [-0.15, -0.1) is 0 Å². The first-order valence-electron chi connectivity index (χ1n) is 9.11. The Balaban J connectivity index is 1.40. The minimum absolute atomic E-state index is 0.241. The average Bonchev–Trinajstić information content (AvgIpc) is 3.40. The molecule has 0 fully saturated rings. The number of carbonyl (C=O) groups excluding carboxylic acids is 2. The molecule has 2 aromatic carbocycles. The molecule has 2 heterocycles. The second kappa shape index (κ2) is 8.02. The van der Waals surface area contributed by atoms with Gasteiger partial charge in [0.2, 0.25) is 0 Å². The summed E-state index contributed by atoms with van der Waals surface area (Å²) in [5.41, 5.74) is 3.94. The highest BCUT2D eigenvalue weighted by Gasteiger charge is 2.13. The van der Waals surface area contributed by atoms with Crippen molar-refractivity contribution >= 4 is 22.9 Å². The molecule has 4 rings (SSSR count). The molecule has 146 valence electrons. The number of nitrogens with zero attached hydrogens (tertiary/aromatic N) is 1. The molecule has 0 saturated carbocycles. The standard InChI is InChI=1S/C22H19N3O4/c1-14-4-6-15(7-5-14)21-24-18-9-8-16(11-19(18)25-21)22(27)29-13-20(26)23-12-17-3-2-10-28-17/h2-11H,12-13H2,1H3,(H,23,26)(H,24,25). The minimum Gasteiger partial charge on any atom is -0.467 e. The molecule has 7 nitrogen and oxygen atoms in total. The zero-order valence-electron chi connectivity index (χ0n) is 15.8. The van der Waals surface area contributed by atoms with Crippen LogP contribution in [0.15, 0.2) is 65.3 Å². The summed E-state index contributed by atoms with van der Waals surface area (Å²) in [4.78, 5) is 31.9. The number of hydrogen-bond donors (Lipinski definition) is 2. The van der Waals surface area contributed by atoms with Crippen molar-refractivity contribution in [3.63, 3.8) is 0 Å². The van der Waals surface area contributed by atoms with Crippen molar-refractivity contribution in [1.29, 1.82) is 0 Å². The normalized spacial score (nSPS) is 10.8. The van der Waals surface area contributed by atoms with E-state index in [0.29, 0.717) is 11.3 Å². The Hall–Kier alpha value is -3.87. The number of hydrogen-bond acceptors (Lipinski definition) is 5. The van der Waals surface area contributed by atoms with Gasteiger partial charge in [0.15, 0.2) is 6.61 Å². The molecule has 0 radical (unpaired) electrons. The van der Waals surface area contributed by atoms with Gasteiger partial charge in [-0.2, -0.15) is 0 Å². The Bertz CT molecular complexity index is 1140. The third kappa shape index (κ3) is 4.35. The van der Waals surface area contributed by atoms with E-state index < -0.39 is 11.9 Å². The lowest BCUT2D eigenvalue weighted by molar-refractivity contribution is -0.124. The number of amides is 1. The largest absolute Gasteiger partial charge is 0.467 e. The Morgan fingerprint density at radius 1 is 1.14 bits per heavy atom.